The summed E-state index contributed by atoms with van der Waals surface area (Å²) in [6, 6.07) is 0. The zero-order valence-electron chi connectivity index (χ0n) is 8.92. The van der Waals surface area contributed by atoms with E-state index in [1.807, 2.05) is 0 Å². The molecular weight excluding hydrogens is 226 g/mol. The molecule has 2 heterocycles. The molecule has 6 nitrogen and oxygen atoms in total. The number of H-pyrrole nitrogens is 1. The van der Waals surface area contributed by atoms with Gasteiger partial charge in [-0.1, -0.05) is 17.4 Å². The summed E-state index contributed by atoms with van der Waals surface area (Å²) in [5, 5.41) is 17.1. The molecule has 0 bridgehead atoms. The number of aryl methyl sites for hydroxylation is 1. The van der Waals surface area contributed by atoms with Crippen molar-refractivity contribution in [2.75, 3.05) is 0 Å². The first-order valence-electron chi connectivity index (χ1n) is 5.13. The average molecular weight is 239 g/mol. The maximum Gasteiger partial charge on any atom is 0.166 e. The molecule has 0 aliphatic heterocycles. The van der Waals surface area contributed by atoms with Crippen LogP contribution in [-0.2, 0) is 6.54 Å². The molecule has 86 valence electrons. The number of aromatic nitrogens is 5. The number of aromatic amines is 1. The number of fused-ring (bicyclic) bond motifs is 1. The Morgan fingerprint density at radius 2 is 2.44 bits per heavy atom. The van der Waals surface area contributed by atoms with E-state index in [1.54, 1.807) is 17.9 Å². The fraction of sp³-hybridized carbons (Fsp3) is 0.556. The molecule has 2 N–H and O–H groups in total. The van der Waals surface area contributed by atoms with E-state index in [0.717, 1.165) is 18.5 Å². The lowest BCUT2D eigenvalue weighted by Gasteiger charge is -2.03. The van der Waals surface area contributed by atoms with E-state index in [0.29, 0.717) is 16.7 Å². The van der Waals surface area contributed by atoms with Gasteiger partial charge >= 0.3 is 0 Å². The van der Waals surface area contributed by atoms with E-state index >= 15 is 0 Å². The molecule has 0 aliphatic rings. The van der Waals surface area contributed by atoms with Crippen molar-refractivity contribution in [1.29, 1.82) is 0 Å². The molecule has 0 amide bonds. The number of hydrogen-bond acceptors (Lipinski definition) is 5. The highest BCUT2D eigenvalue weighted by Gasteiger charge is 2.06. The fourth-order valence-electron chi connectivity index (χ4n) is 1.51. The quantitative estimate of drug-likeness (QED) is 0.779. The molecule has 0 fully saturated rings. The number of rotatable bonds is 4. The average Bonchev–Trinajstić information content (AvgIpc) is 2.63. The third-order valence-corrected chi connectivity index (χ3v) is 2.61. The summed E-state index contributed by atoms with van der Waals surface area (Å²) in [5.74, 6) is 0. The molecule has 0 spiro atoms. The van der Waals surface area contributed by atoms with Crippen molar-refractivity contribution >= 4 is 23.4 Å². The van der Waals surface area contributed by atoms with Crippen LogP contribution in [0.2, 0.25) is 0 Å². The first-order valence-corrected chi connectivity index (χ1v) is 5.54. The molecule has 1 unspecified atom stereocenters. The highest BCUT2D eigenvalue weighted by atomic mass is 32.1. The monoisotopic (exact) mass is 239 g/mol. The molecule has 0 aromatic carbocycles. The molecular formula is C9H13N5OS. The Labute approximate surface area is 97.3 Å². The van der Waals surface area contributed by atoms with Gasteiger partial charge in [-0.2, -0.15) is 0 Å². The van der Waals surface area contributed by atoms with Crippen LogP contribution in [0, 0.1) is 4.64 Å². The van der Waals surface area contributed by atoms with Gasteiger partial charge in [0.05, 0.1) is 12.4 Å². The highest BCUT2D eigenvalue weighted by Crippen LogP contribution is 2.08. The second-order valence-corrected chi connectivity index (χ2v) is 4.10. The van der Waals surface area contributed by atoms with Crippen molar-refractivity contribution in [3.05, 3.63) is 11.0 Å². The van der Waals surface area contributed by atoms with E-state index in [4.69, 9.17) is 17.3 Å². The lowest BCUT2D eigenvalue weighted by atomic mass is 10.2. The summed E-state index contributed by atoms with van der Waals surface area (Å²) in [5.41, 5.74) is 1.40. The minimum Gasteiger partial charge on any atom is -0.393 e. The van der Waals surface area contributed by atoms with Crippen molar-refractivity contribution < 1.29 is 5.11 Å². The third kappa shape index (κ3) is 2.25. The van der Waals surface area contributed by atoms with Crippen LogP contribution in [0.15, 0.2) is 6.33 Å². The van der Waals surface area contributed by atoms with Crippen molar-refractivity contribution in [2.45, 2.75) is 32.4 Å². The van der Waals surface area contributed by atoms with Gasteiger partial charge in [0.15, 0.2) is 15.8 Å². The Kier molecular flexibility index (Phi) is 3.25. The van der Waals surface area contributed by atoms with E-state index in [9.17, 15) is 0 Å². The van der Waals surface area contributed by atoms with Crippen LogP contribution < -0.4 is 0 Å². The first-order chi connectivity index (χ1) is 7.68. The van der Waals surface area contributed by atoms with E-state index < -0.39 is 0 Å². The smallest absolute Gasteiger partial charge is 0.166 e. The lowest BCUT2D eigenvalue weighted by molar-refractivity contribution is 0.179. The maximum atomic E-state index is 9.16. The second kappa shape index (κ2) is 4.67. The standard InChI is InChI=1S/C9H13N5OS/c1-6(15)3-2-4-14-8-7(12-13-14)9(16)11-5-10-8/h5-6,15H,2-4H2,1H3,(H,10,11,16). The molecule has 2 aromatic heterocycles. The second-order valence-electron chi connectivity index (χ2n) is 3.71. The molecule has 0 aliphatic carbocycles. The first kappa shape index (κ1) is 11.2. The lowest BCUT2D eigenvalue weighted by Crippen LogP contribution is -2.06. The largest absolute Gasteiger partial charge is 0.393 e. The van der Waals surface area contributed by atoms with Crippen molar-refractivity contribution in [3.8, 4) is 0 Å². The van der Waals surface area contributed by atoms with Crippen molar-refractivity contribution in [3.63, 3.8) is 0 Å². The summed E-state index contributed by atoms with van der Waals surface area (Å²) in [7, 11) is 0. The number of hydrogen-bond donors (Lipinski definition) is 2. The topological polar surface area (TPSA) is 79.6 Å². The zero-order chi connectivity index (χ0) is 11.5. The van der Waals surface area contributed by atoms with Gasteiger partial charge in [0, 0.05) is 6.54 Å². The summed E-state index contributed by atoms with van der Waals surface area (Å²) in [6.45, 7) is 2.48. The van der Waals surface area contributed by atoms with Crippen molar-refractivity contribution in [1.82, 2.24) is 25.0 Å². The molecule has 1 atom stereocenters. The van der Waals surface area contributed by atoms with Gasteiger partial charge < -0.3 is 10.1 Å². The molecule has 0 saturated heterocycles. The van der Waals surface area contributed by atoms with E-state index in [-0.39, 0.29) is 6.10 Å². The zero-order valence-corrected chi connectivity index (χ0v) is 9.74. The minimum absolute atomic E-state index is 0.282. The normalized spacial score (nSPS) is 13.1. The molecule has 2 rings (SSSR count). The summed E-state index contributed by atoms with van der Waals surface area (Å²) in [6.07, 6.45) is 2.85. The summed E-state index contributed by atoms with van der Waals surface area (Å²) < 4.78 is 2.20. The number of aliphatic hydroxyl groups is 1. The van der Waals surface area contributed by atoms with Gasteiger partial charge in [-0.05, 0) is 19.8 Å². The minimum atomic E-state index is -0.282. The molecule has 0 radical (unpaired) electrons. The van der Waals surface area contributed by atoms with Crippen LogP contribution in [0.5, 0.6) is 0 Å². The van der Waals surface area contributed by atoms with E-state index in [1.165, 1.54) is 0 Å². The summed E-state index contributed by atoms with van der Waals surface area (Å²) >= 11 is 5.03. The number of nitrogens with zero attached hydrogens (tertiary/aromatic N) is 4. The predicted octanol–water partition coefficient (Wildman–Crippen LogP) is 1.04. The highest BCUT2D eigenvalue weighted by molar-refractivity contribution is 7.71. The van der Waals surface area contributed by atoms with Crippen LogP contribution in [0.3, 0.4) is 0 Å². The predicted molar refractivity (Wildman–Crippen MR) is 61.4 cm³/mol. The van der Waals surface area contributed by atoms with Gasteiger partial charge in [0.1, 0.15) is 0 Å². The van der Waals surface area contributed by atoms with Gasteiger partial charge in [-0.3, -0.25) is 0 Å². The Hall–Kier alpha value is -1.34. The Morgan fingerprint density at radius 3 is 3.19 bits per heavy atom. The van der Waals surface area contributed by atoms with Gasteiger partial charge in [0.2, 0.25) is 0 Å². The fourth-order valence-corrected chi connectivity index (χ4v) is 1.70. The van der Waals surface area contributed by atoms with Gasteiger partial charge in [-0.25, -0.2) is 9.67 Å². The Morgan fingerprint density at radius 1 is 1.62 bits per heavy atom. The van der Waals surface area contributed by atoms with Crippen LogP contribution in [0.25, 0.3) is 11.2 Å². The Bertz CT molecular complexity index is 532. The van der Waals surface area contributed by atoms with Crippen LogP contribution >= 0.6 is 12.2 Å². The SMILES string of the molecule is CC(O)CCCn1nnc2c(=S)nc[nH]c21. The van der Waals surface area contributed by atoms with Gasteiger partial charge in [-0.15, -0.1) is 5.10 Å². The van der Waals surface area contributed by atoms with Crippen LogP contribution in [0.1, 0.15) is 19.8 Å². The molecule has 16 heavy (non-hydrogen) atoms. The van der Waals surface area contributed by atoms with Crippen molar-refractivity contribution in [2.24, 2.45) is 0 Å². The van der Waals surface area contributed by atoms with E-state index in [2.05, 4.69) is 20.3 Å². The maximum absolute atomic E-state index is 9.16. The number of aliphatic hydroxyl groups excluding tert-OH is 1. The molecule has 7 heteroatoms. The third-order valence-electron chi connectivity index (χ3n) is 2.31. The molecule has 0 saturated carbocycles. The van der Waals surface area contributed by atoms with Crippen LogP contribution in [-0.4, -0.2) is 36.2 Å². The number of nitrogens with one attached hydrogen (secondary N) is 1. The summed E-state index contributed by atoms with van der Waals surface area (Å²) in [4.78, 5) is 6.91. The van der Waals surface area contributed by atoms with Crippen LogP contribution in [0.4, 0.5) is 0 Å². The molecule has 2 aromatic rings. The van der Waals surface area contributed by atoms with Gasteiger partial charge in [0.25, 0.3) is 0 Å². The Balaban J connectivity index is 2.19.